The summed E-state index contributed by atoms with van der Waals surface area (Å²) >= 11 is 0. The number of nitrogens with zero attached hydrogens (tertiary/aromatic N) is 1. The van der Waals surface area contributed by atoms with Gasteiger partial charge in [-0.15, -0.1) is 0 Å². The molecule has 0 aromatic rings. The molecule has 0 unspecified atom stereocenters. The Labute approximate surface area is 114 Å². The highest BCUT2D eigenvalue weighted by Gasteiger charge is 2.46. The van der Waals surface area contributed by atoms with Crippen LogP contribution < -0.4 is 0 Å². The highest BCUT2D eigenvalue weighted by molar-refractivity contribution is 5.74. The molecule has 0 radical (unpaired) electrons. The number of carbonyl (C=O) groups excluding carboxylic acids is 2. The first-order valence-corrected chi connectivity index (χ1v) is 6.91. The Morgan fingerprint density at radius 2 is 1.63 bits per heavy atom. The zero-order chi connectivity index (χ0) is 14.2. The summed E-state index contributed by atoms with van der Waals surface area (Å²) in [5.74, 6) is -0.220. The summed E-state index contributed by atoms with van der Waals surface area (Å²) in [6, 6.07) is 0.246. The maximum absolute atomic E-state index is 12.2. The van der Waals surface area contributed by atoms with Gasteiger partial charge in [0.15, 0.2) is 0 Å². The molecule has 2 saturated heterocycles. The molecule has 2 heterocycles. The van der Waals surface area contributed by atoms with Crippen LogP contribution in [0.1, 0.15) is 46.5 Å². The number of rotatable bonds is 1. The van der Waals surface area contributed by atoms with E-state index in [-0.39, 0.29) is 30.1 Å². The van der Waals surface area contributed by atoms with E-state index in [9.17, 15) is 9.59 Å². The molecule has 0 N–H and O–H groups in total. The van der Waals surface area contributed by atoms with Crippen LogP contribution in [0.2, 0.25) is 0 Å². The van der Waals surface area contributed by atoms with Crippen LogP contribution in [0, 0.1) is 5.92 Å². The second-order valence-corrected chi connectivity index (χ2v) is 6.46. The van der Waals surface area contributed by atoms with Crippen LogP contribution in [-0.2, 0) is 14.3 Å². The quantitative estimate of drug-likeness (QED) is 0.686. The first-order chi connectivity index (χ1) is 8.81. The molecule has 2 rings (SSSR count). The summed E-state index contributed by atoms with van der Waals surface area (Å²) in [7, 11) is 1.42. The van der Waals surface area contributed by atoms with Crippen molar-refractivity contribution in [2.75, 3.05) is 7.11 Å². The lowest BCUT2D eigenvalue weighted by molar-refractivity contribution is -0.148. The van der Waals surface area contributed by atoms with Gasteiger partial charge >= 0.3 is 12.1 Å². The van der Waals surface area contributed by atoms with Crippen molar-refractivity contribution in [1.29, 1.82) is 0 Å². The number of ether oxygens (including phenoxy) is 2. The van der Waals surface area contributed by atoms with Crippen molar-refractivity contribution in [2.24, 2.45) is 5.92 Å². The monoisotopic (exact) mass is 269 g/mol. The second kappa shape index (κ2) is 5.02. The molecule has 2 fully saturated rings. The van der Waals surface area contributed by atoms with Crippen molar-refractivity contribution in [1.82, 2.24) is 4.90 Å². The number of fused-ring (bicyclic) bond motifs is 2. The Kier molecular flexibility index (Phi) is 3.74. The minimum absolute atomic E-state index is 0.0683. The molecule has 1 amide bonds. The van der Waals surface area contributed by atoms with Crippen molar-refractivity contribution in [3.63, 3.8) is 0 Å². The van der Waals surface area contributed by atoms with E-state index in [4.69, 9.17) is 9.47 Å². The van der Waals surface area contributed by atoms with Crippen LogP contribution in [0.3, 0.4) is 0 Å². The maximum atomic E-state index is 12.2. The van der Waals surface area contributed by atoms with E-state index in [1.54, 1.807) is 0 Å². The fraction of sp³-hybridized carbons (Fsp3) is 0.857. The third-order valence-corrected chi connectivity index (χ3v) is 3.87. The van der Waals surface area contributed by atoms with Gasteiger partial charge in [0.05, 0.1) is 13.0 Å². The van der Waals surface area contributed by atoms with E-state index >= 15 is 0 Å². The van der Waals surface area contributed by atoms with Crippen LogP contribution >= 0.6 is 0 Å². The standard InChI is InChI=1S/C14H23NO4/c1-14(2,3)19-13(17)15-10-5-6-11(15)8-9(7-10)12(16)18-4/h9-11H,5-8H2,1-4H3/t10-,11-/m1/s1. The Hall–Kier alpha value is -1.26. The third-order valence-electron chi connectivity index (χ3n) is 3.87. The molecular formula is C14H23NO4. The second-order valence-electron chi connectivity index (χ2n) is 6.46. The molecular weight excluding hydrogens is 246 g/mol. The van der Waals surface area contributed by atoms with Crippen LogP contribution in [-0.4, -0.2) is 41.8 Å². The topological polar surface area (TPSA) is 55.8 Å². The van der Waals surface area contributed by atoms with Gasteiger partial charge in [0, 0.05) is 12.1 Å². The average molecular weight is 269 g/mol. The molecule has 0 spiro atoms. The number of amides is 1. The number of methoxy groups -OCH3 is 1. The molecule has 108 valence electrons. The minimum atomic E-state index is -0.476. The molecule has 2 aliphatic rings. The Morgan fingerprint density at radius 1 is 1.11 bits per heavy atom. The molecule has 0 aliphatic carbocycles. The number of carbonyl (C=O) groups is 2. The molecule has 2 atom stereocenters. The number of piperidine rings is 1. The minimum Gasteiger partial charge on any atom is -0.469 e. The largest absolute Gasteiger partial charge is 0.469 e. The fourth-order valence-electron chi connectivity index (χ4n) is 3.15. The Balaban J connectivity index is 2.03. The molecule has 0 aromatic carbocycles. The zero-order valence-corrected chi connectivity index (χ0v) is 12.1. The van der Waals surface area contributed by atoms with Gasteiger partial charge in [-0.1, -0.05) is 0 Å². The zero-order valence-electron chi connectivity index (χ0n) is 12.1. The Morgan fingerprint density at radius 3 is 2.05 bits per heavy atom. The van der Waals surface area contributed by atoms with Crippen molar-refractivity contribution in [2.45, 2.75) is 64.1 Å². The predicted molar refractivity (Wildman–Crippen MR) is 69.6 cm³/mol. The van der Waals surface area contributed by atoms with Gasteiger partial charge in [0.2, 0.25) is 0 Å². The van der Waals surface area contributed by atoms with Gasteiger partial charge in [0.1, 0.15) is 5.60 Å². The van der Waals surface area contributed by atoms with Crippen molar-refractivity contribution < 1.29 is 19.1 Å². The van der Waals surface area contributed by atoms with Gasteiger partial charge < -0.3 is 14.4 Å². The normalized spacial score (nSPS) is 30.1. The van der Waals surface area contributed by atoms with E-state index in [1.807, 2.05) is 25.7 Å². The van der Waals surface area contributed by atoms with Gasteiger partial charge in [-0.05, 0) is 46.5 Å². The van der Waals surface area contributed by atoms with Crippen molar-refractivity contribution in [3.8, 4) is 0 Å². The summed E-state index contributed by atoms with van der Waals surface area (Å²) < 4.78 is 10.3. The van der Waals surface area contributed by atoms with Gasteiger partial charge in [-0.25, -0.2) is 4.79 Å². The van der Waals surface area contributed by atoms with Gasteiger partial charge in [-0.2, -0.15) is 0 Å². The fourth-order valence-corrected chi connectivity index (χ4v) is 3.15. The summed E-state index contributed by atoms with van der Waals surface area (Å²) in [5, 5.41) is 0. The first-order valence-electron chi connectivity index (χ1n) is 6.91. The molecule has 0 aromatic heterocycles. The van der Waals surface area contributed by atoms with Crippen LogP contribution in [0.15, 0.2) is 0 Å². The highest BCUT2D eigenvalue weighted by atomic mass is 16.6. The SMILES string of the molecule is COC(=O)C1C[C@H]2CC[C@H](C1)N2C(=O)OC(C)(C)C. The smallest absolute Gasteiger partial charge is 0.410 e. The van der Waals surface area contributed by atoms with Gasteiger partial charge in [0.25, 0.3) is 0 Å². The highest BCUT2D eigenvalue weighted by Crippen LogP contribution is 2.39. The van der Waals surface area contributed by atoms with E-state index in [2.05, 4.69) is 0 Å². The number of esters is 1. The van der Waals surface area contributed by atoms with Crippen LogP contribution in [0.5, 0.6) is 0 Å². The lowest BCUT2D eigenvalue weighted by Gasteiger charge is -2.38. The maximum Gasteiger partial charge on any atom is 0.410 e. The number of hydrogen-bond acceptors (Lipinski definition) is 4. The van der Waals surface area contributed by atoms with Crippen LogP contribution in [0.25, 0.3) is 0 Å². The van der Waals surface area contributed by atoms with Crippen molar-refractivity contribution >= 4 is 12.1 Å². The predicted octanol–water partition coefficient (Wildman–Crippen LogP) is 2.34. The summed E-state index contributed by atoms with van der Waals surface area (Å²) in [6.07, 6.45) is 3.06. The summed E-state index contributed by atoms with van der Waals surface area (Å²) in [6.45, 7) is 5.61. The molecule has 5 heteroatoms. The summed E-state index contributed by atoms with van der Waals surface area (Å²) in [5.41, 5.74) is -0.476. The lowest BCUT2D eigenvalue weighted by Crippen LogP contribution is -2.49. The van der Waals surface area contributed by atoms with Gasteiger partial charge in [-0.3, -0.25) is 4.79 Å². The molecule has 0 saturated carbocycles. The molecule has 5 nitrogen and oxygen atoms in total. The molecule has 19 heavy (non-hydrogen) atoms. The first kappa shape index (κ1) is 14.2. The van der Waals surface area contributed by atoms with E-state index < -0.39 is 5.60 Å². The number of hydrogen-bond donors (Lipinski definition) is 0. The summed E-state index contributed by atoms with van der Waals surface area (Å²) in [4.78, 5) is 25.7. The van der Waals surface area contributed by atoms with E-state index in [1.165, 1.54) is 7.11 Å². The molecule has 2 bridgehead atoms. The average Bonchev–Trinajstić information content (AvgIpc) is 2.57. The van der Waals surface area contributed by atoms with E-state index in [0.717, 1.165) is 12.8 Å². The third kappa shape index (κ3) is 3.01. The molecule has 2 aliphatic heterocycles. The van der Waals surface area contributed by atoms with Crippen molar-refractivity contribution in [3.05, 3.63) is 0 Å². The van der Waals surface area contributed by atoms with E-state index in [0.29, 0.717) is 12.8 Å². The van der Waals surface area contributed by atoms with Crippen LogP contribution in [0.4, 0.5) is 4.79 Å². The lowest BCUT2D eigenvalue weighted by atomic mass is 9.91. The Bertz CT molecular complexity index is 360.